The first-order valence-corrected chi connectivity index (χ1v) is 8.87. The highest BCUT2D eigenvalue weighted by Crippen LogP contribution is 2.32. The normalized spacial score (nSPS) is 10.7. The predicted octanol–water partition coefficient (Wildman–Crippen LogP) is 4.55. The number of amides is 1. The smallest absolute Gasteiger partial charge is 0.277 e. The number of hydrogen-bond donors (Lipinski definition) is 1. The lowest BCUT2D eigenvalue weighted by Gasteiger charge is -2.09. The third-order valence-electron chi connectivity index (χ3n) is 3.38. The number of anilines is 1. The average molecular weight is 397 g/mol. The van der Waals surface area contributed by atoms with Crippen molar-refractivity contribution >= 4 is 45.6 Å². The fraction of sp³-hybridized carbons (Fsp3) is 0.188. The Morgan fingerprint density at radius 3 is 2.64 bits per heavy atom. The van der Waals surface area contributed by atoms with Crippen molar-refractivity contribution in [2.24, 2.45) is 0 Å². The van der Waals surface area contributed by atoms with E-state index in [1.807, 2.05) is 13.8 Å². The lowest BCUT2D eigenvalue weighted by Crippen LogP contribution is -2.14. The molecule has 1 N–H and O–H groups in total. The predicted molar refractivity (Wildman–Crippen MR) is 98.9 cm³/mol. The zero-order valence-corrected chi connectivity index (χ0v) is 15.7. The summed E-state index contributed by atoms with van der Waals surface area (Å²) >= 11 is 13.5. The summed E-state index contributed by atoms with van der Waals surface area (Å²) in [6.45, 7) is 3.92. The molecule has 2 aromatic heterocycles. The van der Waals surface area contributed by atoms with Crippen molar-refractivity contribution in [3.05, 3.63) is 56.8 Å². The van der Waals surface area contributed by atoms with E-state index in [9.17, 15) is 4.79 Å². The van der Waals surface area contributed by atoms with Gasteiger partial charge in [-0.05, 0) is 32.0 Å². The molecular formula is C16H14Cl2N4O2S. The number of carbonyl (C=O) groups excluding carboxylic acids is 1. The minimum atomic E-state index is -0.330. The molecule has 1 amide bonds. The number of halogens is 2. The summed E-state index contributed by atoms with van der Waals surface area (Å²) in [5, 5.41) is 8.28. The number of aromatic nitrogens is 3. The van der Waals surface area contributed by atoms with Crippen LogP contribution < -0.4 is 10.1 Å². The van der Waals surface area contributed by atoms with Crippen LogP contribution in [0.4, 0.5) is 5.13 Å². The Morgan fingerprint density at radius 1 is 1.28 bits per heavy atom. The quantitative estimate of drug-likeness (QED) is 0.686. The maximum atomic E-state index is 12.2. The molecule has 6 nitrogen and oxygen atoms in total. The number of hydrogen-bond acceptors (Lipinski definition) is 5. The van der Waals surface area contributed by atoms with Crippen LogP contribution in [0, 0.1) is 13.8 Å². The van der Waals surface area contributed by atoms with Crippen LogP contribution in [0.25, 0.3) is 0 Å². The van der Waals surface area contributed by atoms with E-state index in [1.165, 1.54) is 16.0 Å². The molecule has 0 atom stereocenters. The van der Waals surface area contributed by atoms with Crippen molar-refractivity contribution < 1.29 is 9.53 Å². The van der Waals surface area contributed by atoms with Gasteiger partial charge in [0.2, 0.25) is 0 Å². The van der Waals surface area contributed by atoms with Crippen LogP contribution in [-0.2, 0) is 6.73 Å². The van der Waals surface area contributed by atoms with Crippen molar-refractivity contribution in [2.75, 3.05) is 5.32 Å². The molecular weight excluding hydrogens is 383 g/mol. The van der Waals surface area contributed by atoms with E-state index < -0.39 is 0 Å². The fourth-order valence-corrected chi connectivity index (χ4v) is 3.31. The Bertz CT molecular complexity index is 883. The highest BCUT2D eigenvalue weighted by atomic mass is 35.5. The van der Waals surface area contributed by atoms with Gasteiger partial charge in [-0.2, -0.15) is 5.10 Å². The van der Waals surface area contributed by atoms with E-state index in [-0.39, 0.29) is 18.3 Å². The second-order valence-electron chi connectivity index (χ2n) is 5.18. The van der Waals surface area contributed by atoms with Crippen LogP contribution in [0.15, 0.2) is 30.5 Å². The number of carbonyl (C=O) groups is 1. The van der Waals surface area contributed by atoms with Crippen LogP contribution in [-0.4, -0.2) is 20.7 Å². The highest BCUT2D eigenvalue weighted by molar-refractivity contribution is 7.15. The lowest BCUT2D eigenvalue weighted by molar-refractivity contribution is 0.102. The molecule has 25 heavy (non-hydrogen) atoms. The minimum Gasteiger partial charge on any atom is -0.468 e. The molecule has 0 fully saturated rings. The third kappa shape index (κ3) is 4.12. The largest absolute Gasteiger partial charge is 0.468 e. The first kappa shape index (κ1) is 17.7. The second kappa shape index (κ2) is 7.43. The Balaban J connectivity index is 1.65. The zero-order chi connectivity index (χ0) is 18.0. The molecule has 0 aliphatic heterocycles. The monoisotopic (exact) mass is 396 g/mol. The van der Waals surface area contributed by atoms with Gasteiger partial charge in [0.25, 0.3) is 5.91 Å². The van der Waals surface area contributed by atoms with Gasteiger partial charge in [0.05, 0.1) is 15.7 Å². The molecule has 9 heteroatoms. The number of nitrogens with one attached hydrogen (secondary N) is 1. The molecule has 3 rings (SSSR count). The number of aryl methyl sites for hydroxylation is 2. The van der Waals surface area contributed by atoms with Crippen LogP contribution in [0.5, 0.6) is 5.75 Å². The second-order valence-corrected chi connectivity index (χ2v) is 7.20. The maximum Gasteiger partial charge on any atom is 0.277 e. The number of nitrogens with zero attached hydrogens (tertiary/aromatic N) is 3. The summed E-state index contributed by atoms with van der Waals surface area (Å²) in [5.74, 6) is 0.0457. The van der Waals surface area contributed by atoms with Crippen molar-refractivity contribution in [3.63, 3.8) is 0 Å². The SMILES string of the molecule is Cc1nc(NC(=O)c2ccn(COc3c(Cl)cccc3Cl)n2)sc1C. The van der Waals surface area contributed by atoms with Gasteiger partial charge in [-0.1, -0.05) is 29.3 Å². The van der Waals surface area contributed by atoms with E-state index in [4.69, 9.17) is 27.9 Å². The van der Waals surface area contributed by atoms with Gasteiger partial charge < -0.3 is 4.74 Å². The van der Waals surface area contributed by atoms with E-state index in [2.05, 4.69) is 15.4 Å². The summed E-state index contributed by atoms with van der Waals surface area (Å²) in [6, 6.07) is 6.70. The van der Waals surface area contributed by atoms with Gasteiger partial charge in [0.15, 0.2) is 23.3 Å². The number of ether oxygens (including phenoxy) is 1. The fourth-order valence-electron chi connectivity index (χ4n) is 1.99. The average Bonchev–Trinajstić information content (AvgIpc) is 3.14. The van der Waals surface area contributed by atoms with Gasteiger partial charge in [-0.3, -0.25) is 10.1 Å². The molecule has 0 unspecified atom stereocenters. The molecule has 1 aromatic carbocycles. The molecule has 130 valence electrons. The van der Waals surface area contributed by atoms with Gasteiger partial charge in [0, 0.05) is 11.1 Å². The maximum absolute atomic E-state index is 12.2. The Morgan fingerprint density at radius 2 is 2.00 bits per heavy atom. The van der Waals surface area contributed by atoms with Crippen LogP contribution in [0.1, 0.15) is 21.1 Å². The lowest BCUT2D eigenvalue weighted by atomic mass is 10.3. The first-order valence-electron chi connectivity index (χ1n) is 7.29. The van der Waals surface area contributed by atoms with Gasteiger partial charge in [-0.25, -0.2) is 9.67 Å². The van der Waals surface area contributed by atoms with E-state index >= 15 is 0 Å². The molecule has 0 spiro atoms. The topological polar surface area (TPSA) is 69.0 Å². The summed E-state index contributed by atoms with van der Waals surface area (Å²) in [7, 11) is 0. The zero-order valence-electron chi connectivity index (χ0n) is 13.4. The Hall–Kier alpha value is -2.09. The van der Waals surface area contributed by atoms with Crippen molar-refractivity contribution in [2.45, 2.75) is 20.6 Å². The molecule has 3 aromatic rings. The summed E-state index contributed by atoms with van der Waals surface area (Å²) in [4.78, 5) is 17.6. The van der Waals surface area contributed by atoms with E-state index in [0.29, 0.717) is 20.9 Å². The molecule has 0 bridgehead atoms. The minimum absolute atomic E-state index is 0.0756. The van der Waals surface area contributed by atoms with Gasteiger partial charge in [0.1, 0.15) is 0 Å². The summed E-state index contributed by atoms with van der Waals surface area (Å²) in [5.41, 5.74) is 1.16. The molecule has 0 aliphatic carbocycles. The summed E-state index contributed by atoms with van der Waals surface area (Å²) < 4.78 is 7.06. The Kier molecular flexibility index (Phi) is 5.27. The highest BCUT2D eigenvalue weighted by Gasteiger charge is 2.13. The third-order valence-corrected chi connectivity index (χ3v) is 4.97. The van der Waals surface area contributed by atoms with E-state index in [0.717, 1.165) is 10.6 Å². The summed E-state index contributed by atoms with van der Waals surface area (Å²) in [6.07, 6.45) is 1.64. The van der Waals surface area contributed by atoms with Crippen LogP contribution in [0.3, 0.4) is 0 Å². The number of thiazole rings is 1. The molecule has 0 saturated carbocycles. The first-order chi connectivity index (χ1) is 11.9. The number of rotatable bonds is 5. The molecule has 0 saturated heterocycles. The van der Waals surface area contributed by atoms with Crippen LogP contribution >= 0.6 is 34.5 Å². The standard InChI is InChI=1S/C16H14Cl2N4O2S/c1-9-10(2)25-16(19-9)20-15(23)13-6-7-22(21-13)8-24-14-11(17)4-3-5-12(14)18/h3-7H,8H2,1-2H3,(H,19,20,23). The van der Waals surface area contributed by atoms with Crippen LogP contribution in [0.2, 0.25) is 10.0 Å². The van der Waals surface area contributed by atoms with E-state index in [1.54, 1.807) is 30.5 Å². The Labute approximate surface area is 158 Å². The van der Waals surface area contributed by atoms with Gasteiger partial charge >= 0.3 is 0 Å². The number of benzene rings is 1. The van der Waals surface area contributed by atoms with Crippen molar-refractivity contribution in [1.29, 1.82) is 0 Å². The van der Waals surface area contributed by atoms with Gasteiger partial charge in [-0.15, -0.1) is 11.3 Å². The number of para-hydroxylation sites is 1. The van der Waals surface area contributed by atoms with Crippen molar-refractivity contribution in [1.82, 2.24) is 14.8 Å². The molecule has 2 heterocycles. The van der Waals surface area contributed by atoms with Crippen molar-refractivity contribution in [3.8, 4) is 5.75 Å². The molecule has 0 aliphatic rings. The molecule has 0 radical (unpaired) electrons.